The fourth-order valence-corrected chi connectivity index (χ4v) is 6.57. The van der Waals surface area contributed by atoms with Gasteiger partial charge in [0.05, 0.1) is 33.5 Å². The molecule has 0 saturated carbocycles. The van der Waals surface area contributed by atoms with Crippen molar-refractivity contribution in [2.24, 2.45) is 0 Å². The van der Waals surface area contributed by atoms with Crippen LogP contribution >= 0.6 is 0 Å². The van der Waals surface area contributed by atoms with E-state index in [9.17, 15) is 28.0 Å². The molecule has 10 heteroatoms. The van der Waals surface area contributed by atoms with E-state index < -0.39 is 35.3 Å². The minimum atomic E-state index is -0.591. The van der Waals surface area contributed by atoms with E-state index in [1.807, 2.05) is 0 Å². The number of amides is 4. The first kappa shape index (κ1) is 24.4. The number of halogens is 2. The molecule has 0 atom stereocenters. The van der Waals surface area contributed by atoms with Crippen molar-refractivity contribution in [3.8, 4) is 0 Å². The molecule has 0 N–H and O–H groups in total. The van der Waals surface area contributed by atoms with Gasteiger partial charge in [0.2, 0.25) is 0 Å². The number of benzene rings is 5. The third-order valence-corrected chi connectivity index (χ3v) is 8.48. The first-order valence-electron chi connectivity index (χ1n) is 13.5. The van der Waals surface area contributed by atoms with Crippen molar-refractivity contribution in [2.45, 2.75) is 0 Å². The van der Waals surface area contributed by atoms with Crippen LogP contribution in [0.25, 0.3) is 43.4 Å². The number of pyridine rings is 2. The number of anilines is 2. The molecule has 0 aliphatic carbocycles. The van der Waals surface area contributed by atoms with Gasteiger partial charge in [0.15, 0.2) is 0 Å². The highest BCUT2D eigenvalue weighted by Crippen LogP contribution is 2.45. The third-order valence-electron chi connectivity index (χ3n) is 8.48. The molecule has 0 spiro atoms. The van der Waals surface area contributed by atoms with Crippen molar-refractivity contribution in [1.82, 2.24) is 9.97 Å². The van der Waals surface area contributed by atoms with Crippen LogP contribution in [0.1, 0.15) is 41.4 Å². The zero-order valence-corrected chi connectivity index (χ0v) is 22.3. The van der Waals surface area contributed by atoms with E-state index >= 15 is 0 Å². The maximum atomic E-state index is 13.7. The van der Waals surface area contributed by atoms with Crippen molar-refractivity contribution in [3.05, 3.63) is 119 Å². The number of hydrogen-bond acceptors (Lipinski definition) is 6. The molecule has 44 heavy (non-hydrogen) atoms. The van der Waals surface area contributed by atoms with E-state index in [1.54, 1.807) is 24.3 Å². The molecule has 0 radical (unpaired) electrons. The summed E-state index contributed by atoms with van der Waals surface area (Å²) in [7, 11) is 0. The lowest BCUT2D eigenvalue weighted by molar-refractivity contribution is 0.0877. The third kappa shape index (κ3) is 2.93. The van der Waals surface area contributed by atoms with Crippen LogP contribution in [0.15, 0.2) is 85.2 Å². The molecular weight excluding hydrogens is 566 g/mol. The molecule has 0 bridgehead atoms. The molecule has 2 aliphatic rings. The summed E-state index contributed by atoms with van der Waals surface area (Å²) in [6.07, 6.45) is 2.83. The number of carbonyl (C=O) groups excluding carboxylic acids is 4. The normalized spacial score (nSPS) is 14.7. The summed E-state index contributed by atoms with van der Waals surface area (Å²) in [5.41, 5.74) is 2.40. The second-order valence-corrected chi connectivity index (χ2v) is 10.7. The number of carbonyl (C=O) groups is 4. The molecule has 9 rings (SSSR count). The van der Waals surface area contributed by atoms with Crippen molar-refractivity contribution < 1.29 is 28.0 Å². The zero-order chi connectivity index (χ0) is 30.0. The average molecular weight is 581 g/mol. The van der Waals surface area contributed by atoms with Gasteiger partial charge in [-0.05, 0) is 60.7 Å². The standard InChI is InChI=1S/C34H14F2N4O4/c35-15-1-5-17(6-2-15)39-31(41)21-11-9-19-27-25(21)23(33(39)43)13-37-29(27)20-10-12-22-26-24(14-38-30(19)28(20)26)34(44)40(32(22)42)18-7-3-16(36)4-8-18/h1-14H. The van der Waals surface area contributed by atoms with Crippen molar-refractivity contribution in [1.29, 1.82) is 0 Å². The Bertz CT molecular complexity index is 2200. The van der Waals surface area contributed by atoms with Gasteiger partial charge in [-0.3, -0.25) is 29.1 Å². The van der Waals surface area contributed by atoms with Gasteiger partial charge < -0.3 is 0 Å². The van der Waals surface area contributed by atoms with Crippen LogP contribution < -0.4 is 9.80 Å². The zero-order valence-electron chi connectivity index (χ0n) is 22.3. The van der Waals surface area contributed by atoms with Gasteiger partial charge in [0.25, 0.3) is 23.6 Å². The monoisotopic (exact) mass is 580 g/mol. The van der Waals surface area contributed by atoms with E-state index in [1.165, 1.54) is 60.9 Å². The van der Waals surface area contributed by atoms with E-state index in [0.717, 1.165) is 9.80 Å². The van der Waals surface area contributed by atoms with Crippen LogP contribution in [0.2, 0.25) is 0 Å². The molecule has 2 aliphatic heterocycles. The second-order valence-electron chi connectivity index (χ2n) is 10.7. The molecule has 4 heterocycles. The minimum Gasteiger partial charge on any atom is -0.268 e. The summed E-state index contributed by atoms with van der Waals surface area (Å²) in [4.78, 5) is 66.2. The summed E-state index contributed by atoms with van der Waals surface area (Å²) in [6, 6.07) is 16.9. The molecule has 0 fully saturated rings. The topological polar surface area (TPSA) is 101 Å². The highest BCUT2D eigenvalue weighted by Gasteiger charge is 2.38. The highest BCUT2D eigenvalue weighted by molar-refractivity contribution is 6.44. The predicted octanol–water partition coefficient (Wildman–Crippen LogP) is 6.41. The molecule has 8 nitrogen and oxygen atoms in total. The average Bonchev–Trinajstić information content (AvgIpc) is 3.03. The van der Waals surface area contributed by atoms with E-state index in [0.29, 0.717) is 43.4 Å². The van der Waals surface area contributed by atoms with Gasteiger partial charge in [-0.25, -0.2) is 18.6 Å². The Morgan fingerprint density at radius 1 is 0.432 bits per heavy atom. The Labute approximate surface area is 245 Å². The van der Waals surface area contributed by atoms with Crippen LogP contribution in [0.5, 0.6) is 0 Å². The molecule has 208 valence electrons. The molecule has 0 unspecified atom stereocenters. The summed E-state index contributed by atoms with van der Waals surface area (Å²) < 4.78 is 27.2. The highest BCUT2D eigenvalue weighted by atomic mass is 19.1. The number of imide groups is 2. The summed E-state index contributed by atoms with van der Waals surface area (Å²) >= 11 is 0. The Hall–Kier alpha value is -6.16. The first-order chi connectivity index (χ1) is 21.3. The lowest BCUT2D eigenvalue weighted by Crippen LogP contribution is -2.40. The molecule has 5 aromatic carbocycles. The molecule has 7 aromatic rings. The quantitative estimate of drug-likeness (QED) is 0.133. The number of hydrogen-bond donors (Lipinski definition) is 0. The molecular formula is C34H14F2N4O4. The van der Waals surface area contributed by atoms with Gasteiger partial charge in [-0.2, -0.15) is 0 Å². The van der Waals surface area contributed by atoms with Crippen LogP contribution in [-0.4, -0.2) is 33.6 Å². The first-order valence-corrected chi connectivity index (χ1v) is 13.5. The van der Waals surface area contributed by atoms with Crippen LogP contribution in [0.4, 0.5) is 20.2 Å². The van der Waals surface area contributed by atoms with Gasteiger partial charge >= 0.3 is 0 Å². The van der Waals surface area contributed by atoms with Gasteiger partial charge in [-0.1, -0.05) is 12.1 Å². The second kappa shape index (κ2) is 8.23. The van der Waals surface area contributed by atoms with Crippen molar-refractivity contribution in [2.75, 3.05) is 9.80 Å². The van der Waals surface area contributed by atoms with Gasteiger partial charge in [0, 0.05) is 55.8 Å². The largest absolute Gasteiger partial charge is 0.268 e. The summed E-state index contributed by atoms with van der Waals surface area (Å²) in [5.74, 6) is -3.29. The number of aromatic nitrogens is 2. The number of nitrogens with zero attached hydrogens (tertiary/aromatic N) is 4. The van der Waals surface area contributed by atoms with Crippen molar-refractivity contribution in [3.63, 3.8) is 0 Å². The van der Waals surface area contributed by atoms with Crippen LogP contribution in [0.3, 0.4) is 0 Å². The van der Waals surface area contributed by atoms with E-state index in [4.69, 9.17) is 0 Å². The van der Waals surface area contributed by atoms with Crippen LogP contribution in [0, 0.1) is 11.6 Å². The Kier molecular flexibility index (Phi) is 4.57. The lowest BCUT2D eigenvalue weighted by atomic mass is 9.86. The predicted molar refractivity (Wildman–Crippen MR) is 158 cm³/mol. The molecule has 0 saturated heterocycles. The Morgan fingerprint density at radius 2 is 0.795 bits per heavy atom. The van der Waals surface area contributed by atoms with Gasteiger partial charge in [-0.15, -0.1) is 0 Å². The van der Waals surface area contributed by atoms with E-state index in [-0.39, 0.29) is 33.6 Å². The lowest BCUT2D eigenvalue weighted by Gasteiger charge is -2.29. The number of fused-ring (bicyclic) bond motifs is 2. The maximum Gasteiger partial charge on any atom is 0.267 e. The molecule has 2 aromatic heterocycles. The Morgan fingerprint density at radius 3 is 1.18 bits per heavy atom. The fourth-order valence-electron chi connectivity index (χ4n) is 6.57. The van der Waals surface area contributed by atoms with E-state index in [2.05, 4.69) is 9.97 Å². The smallest absolute Gasteiger partial charge is 0.267 e. The van der Waals surface area contributed by atoms with Crippen LogP contribution in [-0.2, 0) is 0 Å². The Balaban J connectivity index is 1.31. The fraction of sp³-hybridized carbons (Fsp3) is 0. The molecule has 4 amide bonds. The maximum absolute atomic E-state index is 13.7. The summed E-state index contributed by atoms with van der Waals surface area (Å²) in [6.45, 7) is 0. The van der Waals surface area contributed by atoms with Crippen molar-refractivity contribution >= 4 is 78.4 Å². The number of rotatable bonds is 2. The SMILES string of the molecule is O=C1c2ccc3c4ncc5c6c(ccc(c7ncc(c2c37)C(=O)N1c1ccc(F)cc1)c64)C(=O)N(c1ccc(F)cc1)C5=O. The minimum absolute atomic E-state index is 0.207. The summed E-state index contributed by atoms with van der Waals surface area (Å²) in [5, 5.41) is 3.17. The van der Waals surface area contributed by atoms with Gasteiger partial charge in [0.1, 0.15) is 11.6 Å².